The molecule has 2 aliphatic rings. The highest BCUT2D eigenvalue weighted by atomic mass is 19.1. The minimum absolute atomic E-state index is 0.0664. The summed E-state index contributed by atoms with van der Waals surface area (Å²) in [7, 11) is 0. The molecule has 2 aromatic rings. The van der Waals surface area contributed by atoms with Crippen LogP contribution >= 0.6 is 0 Å². The molecule has 1 aliphatic heterocycles. The average Bonchev–Trinajstić information content (AvgIpc) is 3.48. The van der Waals surface area contributed by atoms with E-state index in [1.807, 2.05) is 0 Å². The van der Waals surface area contributed by atoms with Crippen LogP contribution in [0.15, 0.2) is 17.1 Å². The van der Waals surface area contributed by atoms with Gasteiger partial charge < -0.3 is 23.7 Å². The molecule has 0 bridgehead atoms. The number of benzene rings is 1. The highest BCUT2D eigenvalue weighted by Crippen LogP contribution is 2.40. The van der Waals surface area contributed by atoms with E-state index in [1.54, 1.807) is 27.7 Å². The van der Waals surface area contributed by atoms with Gasteiger partial charge in [0, 0.05) is 25.2 Å². The zero-order valence-electron chi connectivity index (χ0n) is 19.7. The van der Waals surface area contributed by atoms with Gasteiger partial charge in [0.05, 0.1) is 24.1 Å². The van der Waals surface area contributed by atoms with Gasteiger partial charge in [-0.05, 0) is 46.6 Å². The van der Waals surface area contributed by atoms with Gasteiger partial charge in [-0.15, -0.1) is 0 Å². The lowest BCUT2D eigenvalue weighted by molar-refractivity contribution is 0.0274. The maximum Gasteiger partial charge on any atom is 0.410 e. The molecule has 0 radical (unpaired) electrons. The van der Waals surface area contributed by atoms with E-state index in [-0.39, 0.29) is 35.7 Å². The van der Waals surface area contributed by atoms with Crippen molar-refractivity contribution in [3.8, 4) is 5.75 Å². The predicted molar refractivity (Wildman–Crippen MR) is 119 cm³/mol. The third-order valence-corrected chi connectivity index (χ3v) is 5.68. The van der Waals surface area contributed by atoms with Crippen molar-refractivity contribution >= 4 is 23.0 Å². The third-order valence-electron chi connectivity index (χ3n) is 5.68. The Bertz CT molecular complexity index is 1200. The van der Waals surface area contributed by atoms with Gasteiger partial charge in [-0.1, -0.05) is 0 Å². The fourth-order valence-electron chi connectivity index (χ4n) is 4.01. The first kappa shape index (κ1) is 24.0. The number of ether oxygens (including phenoxy) is 3. The Labute approximate surface area is 195 Å². The fourth-order valence-corrected chi connectivity index (χ4v) is 4.01. The SMILES string of the molecule is CCOC(=O)c1cn(C2CC2)c2c(F)c(OC3CCN(C(=O)OC(C)(C)C)C3)c(F)cc2c1=O. The van der Waals surface area contributed by atoms with Gasteiger partial charge >= 0.3 is 12.1 Å². The number of carbonyl (C=O) groups excluding carboxylic acids is 2. The predicted octanol–water partition coefficient (Wildman–Crippen LogP) is 4.18. The maximum absolute atomic E-state index is 15.6. The first-order valence-electron chi connectivity index (χ1n) is 11.4. The molecule has 1 aliphatic carbocycles. The summed E-state index contributed by atoms with van der Waals surface area (Å²) in [6.45, 7) is 7.37. The molecule has 2 fully saturated rings. The van der Waals surface area contributed by atoms with E-state index in [0.29, 0.717) is 13.0 Å². The summed E-state index contributed by atoms with van der Waals surface area (Å²) in [6, 6.07) is 0.788. The molecule has 1 aromatic carbocycles. The summed E-state index contributed by atoms with van der Waals surface area (Å²) in [5, 5.41) is -0.249. The molecule has 1 unspecified atom stereocenters. The number of amides is 1. The molecule has 4 rings (SSSR count). The van der Waals surface area contributed by atoms with E-state index in [1.165, 1.54) is 15.7 Å². The summed E-state index contributed by atoms with van der Waals surface area (Å²) in [5.74, 6) is -3.51. The van der Waals surface area contributed by atoms with Crippen LogP contribution in [0.5, 0.6) is 5.75 Å². The highest BCUT2D eigenvalue weighted by Gasteiger charge is 2.34. The van der Waals surface area contributed by atoms with E-state index in [9.17, 15) is 18.8 Å². The van der Waals surface area contributed by atoms with Gasteiger partial charge in [0.1, 0.15) is 17.3 Å². The number of carbonyl (C=O) groups is 2. The summed E-state index contributed by atoms with van der Waals surface area (Å²) >= 11 is 0. The van der Waals surface area contributed by atoms with E-state index >= 15 is 4.39 Å². The quantitative estimate of drug-likeness (QED) is 0.600. The number of esters is 1. The van der Waals surface area contributed by atoms with Crippen molar-refractivity contribution in [3.63, 3.8) is 0 Å². The van der Waals surface area contributed by atoms with Gasteiger partial charge in [-0.3, -0.25) is 4.79 Å². The van der Waals surface area contributed by atoms with E-state index in [2.05, 4.69) is 0 Å². The fraction of sp³-hybridized carbons (Fsp3) is 0.542. The molecular weight excluding hydrogens is 450 g/mol. The van der Waals surface area contributed by atoms with E-state index in [0.717, 1.165) is 18.9 Å². The summed E-state index contributed by atoms with van der Waals surface area (Å²) < 4.78 is 48.0. The maximum atomic E-state index is 15.6. The number of nitrogens with zero attached hydrogens (tertiary/aromatic N) is 2. The van der Waals surface area contributed by atoms with Crippen LogP contribution in [-0.2, 0) is 9.47 Å². The first-order valence-corrected chi connectivity index (χ1v) is 11.4. The Balaban J connectivity index is 1.67. The number of aromatic nitrogens is 1. The monoisotopic (exact) mass is 478 g/mol. The molecule has 8 nitrogen and oxygen atoms in total. The summed E-state index contributed by atoms with van der Waals surface area (Å²) in [4.78, 5) is 38.9. The molecule has 34 heavy (non-hydrogen) atoms. The smallest absolute Gasteiger partial charge is 0.410 e. The molecule has 184 valence electrons. The van der Waals surface area contributed by atoms with Crippen molar-refractivity contribution in [1.82, 2.24) is 9.47 Å². The minimum Gasteiger partial charge on any atom is -0.482 e. The lowest BCUT2D eigenvalue weighted by Crippen LogP contribution is -2.36. The van der Waals surface area contributed by atoms with Crippen molar-refractivity contribution in [1.29, 1.82) is 0 Å². The lowest BCUT2D eigenvalue weighted by Gasteiger charge is -2.24. The Morgan fingerprint density at radius 2 is 1.88 bits per heavy atom. The second-order valence-electron chi connectivity index (χ2n) is 9.58. The molecule has 2 heterocycles. The van der Waals surface area contributed by atoms with Gasteiger partial charge in [0.15, 0.2) is 17.4 Å². The van der Waals surface area contributed by atoms with Crippen LogP contribution in [-0.4, -0.2) is 52.9 Å². The second-order valence-corrected chi connectivity index (χ2v) is 9.58. The molecule has 1 saturated heterocycles. The Morgan fingerprint density at radius 1 is 1.18 bits per heavy atom. The average molecular weight is 478 g/mol. The van der Waals surface area contributed by atoms with Gasteiger partial charge in [-0.25, -0.2) is 18.4 Å². The zero-order valence-corrected chi connectivity index (χ0v) is 19.7. The number of rotatable bonds is 5. The lowest BCUT2D eigenvalue weighted by atomic mass is 10.1. The number of fused-ring (bicyclic) bond motifs is 1. The number of hydrogen-bond donors (Lipinski definition) is 0. The molecule has 1 aromatic heterocycles. The number of halogens is 2. The third kappa shape index (κ3) is 4.71. The highest BCUT2D eigenvalue weighted by molar-refractivity contribution is 5.94. The normalized spacial score (nSPS) is 18.3. The minimum atomic E-state index is -1.05. The van der Waals surface area contributed by atoms with E-state index in [4.69, 9.17) is 14.2 Å². The van der Waals surface area contributed by atoms with Gasteiger partial charge in [0.25, 0.3) is 0 Å². The zero-order chi connectivity index (χ0) is 24.8. The van der Waals surface area contributed by atoms with Gasteiger partial charge in [-0.2, -0.15) is 0 Å². The molecule has 0 N–H and O–H groups in total. The topological polar surface area (TPSA) is 87.1 Å². The number of pyridine rings is 1. The molecule has 1 amide bonds. The first-order chi connectivity index (χ1) is 16.0. The molecule has 1 saturated carbocycles. The summed E-state index contributed by atoms with van der Waals surface area (Å²) in [6.07, 6.45) is 1.96. The summed E-state index contributed by atoms with van der Waals surface area (Å²) in [5.41, 5.74) is -1.84. The molecular formula is C24H28F2N2O6. The van der Waals surface area contributed by atoms with Crippen molar-refractivity contribution < 1.29 is 32.6 Å². The van der Waals surface area contributed by atoms with Crippen molar-refractivity contribution in [2.75, 3.05) is 19.7 Å². The Kier molecular flexibility index (Phi) is 6.26. The van der Waals surface area contributed by atoms with E-state index < -0.39 is 46.6 Å². The largest absolute Gasteiger partial charge is 0.482 e. The van der Waals surface area contributed by atoms with Crippen molar-refractivity contribution in [3.05, 3.63) is 39.7 Å². The van der Waals surface area contributed by atoms with Crippen LogP contribution in [0.4, 0.5) is 13.6 Å². The number of likely N-dealkylation sites (tertiary alicyclic amines) is 1. The van der Waals surface area contributed by atoms with Crippen LogP contribution < -0.4 is 10.2 Å². The van der Waals surface area contributed by atoms with Crippen LogP contribution in [0, 0.1) is 11.6 Å². The molecule has 10 heteroatoms. The van der Waals surface area contributed by atoms with Crippen molar-refractivity contribution in [2.45, 2.75) is 64.7 Å². The Morgan fingerprint density at radius 3 is 2.50 bits per heavy atom. The van der Waals surface area contributed by atoms with Crippen molar-refractivity contribution in [2.24, 2.45) is 0 Å². The second kappa shape index (κ2) is 8.88. The molecule has 0 spiro atoms. The standard InChI is InChI=1S/C24H28F2N2O6/c1-5-32-22(30)16-12-28(13-6-7-13)19-15(20(16)29)10-17(25)21(18(19)26)33-14-8-9-27(11-14)23(31)34-24(2,3)4/h10,12-14H,5-9,11H2,1-4H3. The van der Waals surface area contributed by atoms with Gasteiger partial charge in [0.2, 0.25) is 5.43 Å². The van der Waals surface area contributed by atoms with Crippen LogP contribution in [0.1, 0.15) is 63.4 Å². The van der Waals surface area contributed by atoms with Crippen LogP contribution in [0.2, 0.25) is 0 Å². The Hall–Kier alpha value is -3.17. The van der Waals surface area contributed by atoms with Crippen LogP contribution in [0.3, 0.4) is 0 Å². The number of hydrogen-bond acceptors (Lipinski definition) is 6. The van der Waals surface area contributed by atoms with Crippen LogP contribution in [0.25, 0.3) is 10.9 Å². The molecule has 1 atom stereocenters.